The summed E-state index contributed by atoms with van der Waals surface area (Å²) in [7, 11) is -2.01. The molecule has 0 atom stereocenters. The van der Waals surface area contributed by atoms with Crippen LogP contribution in [-0.2, 0) is 21.9 Å². The summed E-state index contributed by atoms with van der Waals surface area (Å²) in [5, 5.41) is 2.36. The molecular weight excluding hydrogens is 378 g/mol. The topological polar surface area (TPSA) is 84.3 Å². The van der Waals surface area contributed by atoms with Crippen LogP contribution in [0.5, 0.6) is 0 Å². The number of piperidine rings is 1. The number of sulfonamides is 1. The Morgan fingerprint density at radius 1 is 1.26 bits per heavy atom. The van der Waals surface area contributed by atoms with Gasteiger partial charge < -0.3 is 9.88 Å². The summed E-state index contributed by atoms with van der Waals surface area (Å²) in [5.74, 6) is -2.51. The van der Waals surface area contributed by atoms with Crippen molar-refractivity contribution in [1.82, 2.24) is 13.9 Å². The predicted molar refractivity (Wildman–Crippen MR) is 94.4 cm³/mol. The molecule has 0 spiro atoms. The van der Waals surface area contributed by atoms with Gasteiger partial charge in [0.05, 0.1) is 5.69 Å². The Morgan fingerprint density at radius 3 is 2.52 bits per heavy atom. The van der Waals surface area contributed by atoms with Gasteiger partial charge >= 0.3 is 0 Å². The Bertz CT molecular complexity index is 947. The van der Waals surface area contributed by atoms with Gasteiger partial charge in [-0.15, -0.1) is 0 Å². The van der Waals surface area contributed by atoms with E-state index in [1.807, 2.05) is 0 Å². The molecule has 0 aliphatic carbocycles. The van der Waals surface area contributed by atoms with Crippen molar-refractivity contribution in [2.45, 2.75) is 24.8 Å². The van der Waals surface area contributed by atoms with Gasteiger partial charge in [0.2, 0.25) is 5.91 Å². The monoisotopic (exact) mass is 398 g/mol. The number of hydrogen-bond acceptors (Lipinski definition) is 4. The predicted octanol–water partition coefficient (Wildman–Crippen LogP) is 2.05. The van der Waals surface area contributed by atoms with Gasteiger partial charge in [-0.2, -0.15) is 4.31 Å². The molecule has 2 aromatic rings. The molecule has 0 unspecified atom stereocenters. The van der Waals surface area contributed by atoms with Gasteiger partial charge in [-0.1, -0.05) is 6.07 Å². The van der Waals surface area contributed by atoms with Crippen LogP contribution in [0, 0.1) is 24.5 Å². The molecule has 1 aromatic carbocycles. The zero-order valence-corrected chi connectivity index (χ0v) is 15.8. The van der Waals surface area contributed by atoms with E-state index in [4.69, 9.17) is 0 Å². The molecule has 0 saturated carbocycles. The largest absolute Gasteiger partial charge is 0.337 e. The Balaban J connectivity index is 1.64. The summed E-state index contributed by atoms with van der Waals surface area (Å²) >= 11 is 0. The summed E-state index contributed by atoms with van der Waals surface area (Å²) in [5.41, 5.74) is -0.223. The molecule has 1 fully saturated rings. The molecule has 1 amide bonds. The maximum Gasteiger partial charge on any atom is 0.262 e. The number of amides is 1. The molecule has 1 aromatic heterocycles. The number of anilines is 1. The maximum absolute atomic E-state index is 13.7. The molecule has 27 heavy (non-hydrogen) atoms. The molecule has 0 radical (unpaired) electrons. The molecule has 7 nitrogen and oxygen atoms in total. The molecule has 146 valence electrons. The van der Waals surface area contributed by atoms with E-state index in [9.17, 15) is 22.0 Å². The van der Waals surface area contributed by atoms with Crippen LogP contribution in [0.25, 0.3) is 0 Å². The number of halogens is 2. The van der Waals surface area contributed by atoms with Crippen molar-refractivity contribution in [2.24, 2.45) is 13.0 Å². The van der Waals surface area contributed by atoms with Crippen LogP contribution >= 0.6 is 0 Å². The Kier molecular flexibility index (Phi) is 5.29. The third-order valence-corrected chi connectivity index (χ3v) is 6.50. The van der Waals surface area contributed by atoms with Gasteiger partial charge in [0.25, 0.3) is 10.0 Å². The average Bonchev–Trinajstić information content (AvgIpc) is 2.99. The van der Waals surface area contributed by atoms with E-state index in [-0.39, 0.29) is 36.6 Å². The van der Waals surface area contributed by atoms with Gasteiger partial charge in [-0.25, -0.2) is 22.2 Å². The second-order valence-corrected chi connectivity index (χ2v) is 8.39. The van der Waals surface area contributed by atoms with Crippen LogP contribution in [0.4, 0.5) is 14.5 Å². The molecular formula is C17H20F2N4O3S. The second kappa shape index (κ2) is 7.35. The Labute approximate surface area is 156 Å². The summed E-state index contributed by atoms with van der Waals surface area (Å²) in [6, 6.07) is 3.55. The van der Waals surface area contributed by atoms with Crippen molar-refractivity contribution in [2.75, 3.05) is 18.4 Å². The molecule has 1 saturated heterocycles. The molecule has 1 N–H and O–H groups in total. The lowest BCUT2D eigenvalue weighted by Gasteiger charge is -2.29. The van der Waals surface area contributed by atoms with E-state index in [2.05, 4.69) is 10.3 Å². The van der Waals surface area contributed by atoms with Crippen LogP contribution in [0.3, 0.4) is 0 Å². The van der Waals surface area contributed by atoms with Crippen molar-refractivity contribution in [3.8, 4) is 0 Å². The SMILES string of the molecule is Cc1nc(S(=O)(=O)N2CCC(C(=O)Nc3cccc(F)c3F)CC2)cn1C. The zero-order valence-electron chi connectivity index (χ0n) is 14.9. The van der Waals surface area contributed by atoms with Gasteiger partial charge in [0.1, 0.15) is 5.82 Å². The van der Waals surface area contributed by atoms with E-state index in [0.717, 1.165) is 6.07 Å². The molecule has 1 aliphatic heterocycles. The quantitative estimate of drug-likeness (QED) is 0.854. The highest BCUT2D eigenvalue weighted by Gasteiger charge is 2.33. The number of benzene rings is 1. The highest BCUT2D eigenvalue weighted by atomic mass is 32.2. The zero-order chi connectivity index (χ0) is 19.8. The van der Waals surface area contributed by atoms with Gasteiger partial charge in [-0.3, -0.25) is 4.79 Å². The highest BCUT2D eigenvalue weighted by molar-refractivity contribution is 7.89. The van der Waals surface area contributed by atoms with E-state index in [0.29, 0.717) is 5.82 Å². The number of nitrogens with one attached hydrogen (secondary N) is 1. The average molecular weight is 398 g/mol. The molecule has 10 heteroatoms. The molecule has 0 bridgehead atoms. The van der Waals surface area contributed by atoms with Gasteiger partial charge in [-0.05, 0) is 31.9 Å². The molecule has 3 rings (SSSR count). The lowest BCUT2D eigenvalue weighted by Crippen LogP contribution is -2.41. The van der Waals surface area contributed by atoms with Crippen LogP contribution < -0.4 is 5.32 Å². The summed E-state index contributed by atoms with van der Waals surface area (Å²) < 4.78 is 55.2. The van der Waals surface area contributed by atoms with Crippen molar-refractivity contribution in [3.05, 3.63) is 41.9 Å². The third kappa shape index (κ3) is 3.86. The summed E-state index contributed by atoms with van der Waals surface area (Å²) in [6.07, 6.45) is 2.03. The smallest absolute Gasteiger partial charge is 0.262 e. The first-order chi connectivity index (χ1) is 12.7. The van der Waals surface area contributed by atoms with Gasteiger partial charge in [0.15, 0.2) is 16.7 Å². The fourth-order valence-corrected chi connectivity index (χ4v) is 4.47. The van der Waals surface area contributed by atoms with Crippen molar-refractivity contribution in [3.63, 3.8) is 0 Å². The van der Waals surface area contributed by atoms with E-state index < -0.39 is 33.5 Å². The lowest BCUT2D eigenvalue weighted by molar-refractivity contribution is -0.120. The molecule has 2 heterocycles. The van der Waals surface area contributed by atoms with Crippen LogP contribution in [0.15, 0.2) is 29.4 Å². The van der Waals surface area contributed by atoms with Crippen LogP contribution in [-0.4, -0.2) is 41.3 Å². The Hall–Kier alpha value is -2.33. The number of hydrogen-bond donors (Lipinski definition) is 1. The third-order valence-electron chi connectivity index (χ3n) is 4.72. The van der Waals surface area contributed by atoms with E-state index >= 15 is 0 Å². The highest BCUT2D eigenvalue weighted by Crippen LogP contribution is 2.25. The standard InChI is InChI=1S/C17H20F2N4O3S/c1-11-20-15(10-22(11)2)27(25,26)23-8-6-12(7-9-23)17(24)21-14-5-3-4-13(18)16(14)19/h3-5,10,12H,6-9H2,1-2H3,(H,21,24). The lowest BCUT2D eigenvalue weighted by atomic mass is 9.97. The summed E-state index contributed by atoms with van der Waals surface area (Å²) in [6.45, 7) is 2.02. The number of imidazole rings is 1. The first-order valence-corrected chi connectivity index (χ1v) is 9.89. The van der Waals surface area contributed by atoms with Crippen molar-refractivity contribution >= 4 is 21.6 Å². The fourth-order valence-electron chi connectivity index (χ4n) is 2.98. The number of nitrogens with zero attached hydrogens (tertiary/aromatic N) is 3. The van der Waals surface area contributed by atoms with E-state index in [1.54, 1.807) is 18.5 Å². The number of carbonyl (C=O) groups is 1. The first-order valence-electron chi connectivity index (χ1n) is 8.45. The number of rotatable bonds is 4. The minimum Gasteiger partial charge on any atom is -0.337 e. The molecule has 1 aliphatic rings. The minimum absolute atomic E-state index is 0.0211. The number of aromatic nitrogens is 2. The van der Waals surface area contributed by atoms with Crippen molar-refractivity contribution < 1.29 is 22.0 Å². The maximum atomic E-state index is 13.7. The normalized spacial score (nSPS) is 16.4. The number of aryl methyl sites for hydroxylation is 2. The van der Waals surface area contributed by atoms with Crippen LogP contribution in [0.2, 0.25) is 0 Å². The second-order valence-electron chi connectivity index (χ2n) is 6.51. The minimum atomic E-state index is -3.72. The van der Waals surface area contributed by atoms with Crippen LogP contribution in [0.1, 0.15) is 18.7 Å². The van der Waals surface area contributed by atoms with Crippen molar-refractivity contribution in [1.29, 1.82) is 0 Å². The first kappa shape index (κ1) is 19.4. The van der Waals surface area contributed by atoms with E-state index in [1.165, 1.54) is 22.6 Å². The summed E-state index contributed by atoms with van der Waals surface area (Å²) in [4.78, 5) is 16.4. The fraction of sp³-hybridized carbons (Fsp3) is 0.412. The van der Waals surface area contributed by atoms with Gasteiger partial charge in [0, 0.05) is 32.3 Å². The Morgan fingerprint density at radius 2 is 1.93 bits per heavy atom. The number of carbonyl (C=O) groups excluding carboxylic acids is 1.